The molecular weight excluding hydrogens is 421 g/mol. The number of carbonyl (C=O) groups excluding carboxylic acids is 1. The lowest BCUT2D eigenvalue weighted by atomic mass is 9.92. The largest absolute Gasteiger partial charge is 0.493 e. The average Bonchev–Trinajstić information content (AvgIpc) is 3.22. The van der Waals surface area contributed by atoms with Crippen LogP contribution in [0.1, 0.15) is 22.9 Å². The van der Waals surface area contributed by atoms with Crippen molar-refractivity contribution in [2.45, 2.75) is 12.5 Å². The first-order valence-corrected chi connectivity index (χ1v) is 10.7. The van der Waals surface area contributed by atoms with Gasteiger partial charge in [-0.05, 0) is 36.2 Å². The lowest BCUT2D eigenvalue weighted by Crippen LogP contribution is -2.43. The molecule has 0 fully saturated rings. The SMILES string of the molecule is COc1ccc(NC(=O)N2CCc3c([nH]c4ccccc34)[C@@H]2c2ccccc2F)cc1OC. The Bertz CT molecular complexity index is 1330. The number of hydrogen-bond donors (Lipinski definition) is 2. The molecule has 5 rings (SSSR count). The lowest BCUT2D eigenvalue weighted by molar-refractivity contribution is 0.192. The molecule has 0 bridgehead atoms. The smallest absolute Gasteiger partial charge is 0.322 e. The van der Waals surface area contributed by atoms with Crippen LogP contribution in [0.4, 0.5) is 14.9 Å². The molecule has 33 heavy (non-hydrogen) atoms. The van der Waals surface area contributed by atoms with Gasteiger partial charge in [-0.25, -0.2) is 9.18 Å². The number of halogens is 1. The van der Waals surface area contributed by atoms with Gasteiger partial charge in [-0.2, -0.15) is 0 Å². The van der Waals surface area contributed by atoms with Crippen LogP contribution in [-0.2, 0) is 6.42 Å². The van der Waals surface area contributed by atoms with Crippen molar-refractivity contribution in [1.29, 1.82) is 0 Å². The molecular formula is C26H24FN3O3. The number of benzene rings is 3. The van der Waals surface area contributed by atoms with Crippen LogP contribution in [0.25, 0.3) is 10.9 Å². The molecule has 3 aromatic carbocycles. The standard InChI is InChI=1S/C26H24FN3O3/c1-32-22-12-11-16(15-23(22)33-2)28-26(31)30-14-13-18-17-7-4-6-10-21(17)29-24(18)25(30)19-8-3-5-9-20(19)27/h3-12,15,25,29H,13-14H2,1-2H3,(H,28,31)/t25-/m0/s1. The van der Waals surface area contributed by atoms with Crippen LogP contribution in [0.15, 0.2) is 66.7 Å². The highest BCUT2D eigenvalue weighted by molar-refractivity contribution is 5.92. The topological polar surface area (TPSA) is 66.6 Å². The summed E-state index contributed by atoms with van der Waals surface area (Å²) in [6.45, 7) is 0.451. The molecule has 1 aromatic heterocycles. The van der Waals surface area contributed by atoms with E-state index in [1.165, 1.54) is 6.07 Å². The molecule has 2 N–H and O–H groups in total. The second kappa shape index (κ2) is 8.50. The fourth-order valence-electron chi connectivity index (χ4n) is 4.59. The molecule has 2 heterocycles. The summed E-state index contributed by atoms with van der Waals surface area (Å²) in [7, 11) is 3.10. The highest BCUT2D eigenvalue weighted by Gasteiger charge is 2.36. The number of anilines is 1. The number of nitrogens with zero attached hydrogens (tertiary/aromatic N) is 1. The fraction of sp³-hybridized carbons (Fsp3) is 0.192. The molecule has 168 valence electrons. The molecule has 1 aliphatic heterocycles. The van der Waals surface area contributed by atoms with Gasteiger partial charge in [0.2, 0.25) is 0 Å². The second-order valence-corrected chi connectivity index (χ2v) is 7.93. The summed E-state index contributed by atoms with van der Waals surface area (Å²) in [6, 6.07) is 18.9. The Morgan fingerprint density at radius 3 is 2.58 bits per heavy atom. The molecule has 0 saturated heterocycles. The van der Waals surface area contributed by atoms with Gasteiger partial charge in [0.15, 0.2) is 11.5 Å². The molecule has 1 aliphatic rings. The van der Waals surface area contributed by atoms with Crippen molar-refractivity contribution in [3.8, 4) is 11.5 Å². The Kier molecular flexibility index (Phi) is 5.38. The Morgan fingerprint density at radius 2 is 1.79 bits per heavy atom. The molecule has 4 aromatic rings. The number of nitrogens with one attached hydrogen (secondary N) is 2. The predicted octanol–water partition coefficient (Wildman–Crippen LogP) is 5.50. The number of urea groups is 1. The number of H-pyrrole nitrogens is 1. The van der Waals surface area contributed by atoms with E-state index in [2.05, 4.69) is 16.4 Å². The van der Waals surface area contributed by atoms with Crippen molar-refractivity contribution >= 4 is 22.6 Å². The summed E-state index contributed by atoms with van der Waals surface area (Å²) in [6.07, 6.45) is 0.670. The summed E-state index contributed by atoms with van der Waals surface area (Å²) in [5, 5.41) is 4.04. The highest BCUT2D eigenvalue weighted by atomic mass is 19.1. The number of methoxy groups -OCH3 is 2. The van der Waals surface area contributed by atoms with Crippen LogP contribution in [0.2, 0.25) is 0 Å². The average molecular weight is 445 g/mol. The molecule has 0 radical (unpaired) electrons. The summed E-state index contributed by atoms with van der Waals surface area (Å²) in [4.78, 5) is 18.6. The minimum Gasteiger partial charge on any atom is -0.493 e. The third-order valence-electron chi connectivity index (χ3n) is 6.13. The maximum atomic E-state index is 15.0. The van der Waals surface area contributed by atoms with Gasteiger partial charge >= 0.3 is 6.03 Å². The van der Waals surface area contributed by atoms with E-state index in [0.717, 1.165) is 22.2 Å². The molecule has 0 aliphatic carbocycles. The molecule has 0 unspecified atom stereocenters. The molecule has 7 heteroatoms. The Labute approximate surface area is 190 Å². The predicted molar refractivity (Wildman–Crippen MR) is 126 cm³/mol. The second-order valence-electron chi connectivity index (χ2n) is 7.93. The zero-order valence-corrected chi connectivity index (χ0v) is 18.4. The van der Waals surface area contributed by atoms with Crippen molar-refractivity contribution in [2.75, 3.05) is 26.1 Å². The van der Waals surface area contributed by atoms with Crippen LogP contribution < -0.4 is 14.8 Å². The number of carbonyl (C=O) groups is 1. The van der Waals surface area contributed by atoms with Crippen molar-refractivity contribution in [1.82, 2.24) is 9.88 Å². The first-order valence-electron chi connectivity index (χ1n) is 10.7. The third kappa shape index (κ3) is 3.65. The van der Waals surface area contributed by atoms with Gasteiger partial charge in [-0.3, -0.25) is 0 Å². The maximum absolute atomic E-state index is 15.0. The third-order valence-corrected chi connectivity index (χ3v) is 6.13. The lowest BCUT2D eigenvalue weighted by Gasteiger charge is -2.36. The van der Waals surface area contributed by atoms with Crippen molar-refractivity contribution in [3.63, 3.8) is 0 Å². The summed E-state index contributed by atoms with van der Waals surface area (Å²) in [5.74, 6) is 0.732. The molecule has 6 nitrogen and oxygen atoms in total. The van der Waals surface area contributed by atoms with Crippen molar-refractivity contribution < 1.29 is 18.7 Å². The molecule has 0 saturated carbocycles. The number of fused-ring (bicyclic) bond motifs is 3. The minimum absolute atomic E-state index is 0.320. The fourth-order valence-corrected chi connectivity index (χ4v) is 4.59. The van der Waals surface area contributed by atoms with E-state index in [0.29, 0.717) is 35.7 Å². The number of aromatic nitrogens is 1. The summed E-state index contributed by atoms with van der Waals surface area (Å²) < 4.78 is 25.6. The van der Waals surface area contributed by atoms with Crippen LogP contribution in [0.5, 0.6) is 11.5 Å². The van der Waals surface area contributed by atoms with E-state index < -0.39 is 6.04 Å². The quantitative estimate of drug-likeness (QED) is 0.436. The molecule has 0 spiro atoms. The van der Waals surface area contributed by atoms with E-state index in [1.807, 2.05) is 18.2 Å². The van der Waals surface area contributed by atoms with Gasteiger partial charge in [0.25, 0.3) is 0 Å². The number of aromatic amines is 1. The van der Waals surface area contributed by atoms with Gasteiger partial charge in [0, 0.05) is 40.5 Å². The molecule has 2 amide bonds. The summed E-state index contributed by atoms with van der Waals surface area (Å²) >= 11 is 0. The zero-order chi connectivity index (χ0) is 22.9. The van der Waals surface area contributed by atoms with Gasteiger partial charge in [-0.15, -0.1) is 0 Å². The number of amides is 2. The van der Waals surface area contributed by atoms with Gasteiger partial charge in [0.05, 0.1) is 14.2 Å². The van der Waals surface area contributed by atoms with Gasteiger partial charge < -0.3 is 24.7 Å². The van der Waals surface area contributed by atoms with Crippen LogP contribution in [0.3, 0.4) is 0 Å². The normalized spacial score (nSPS) is 15.2. The van der Waals surface area contributed by atoms with E-state index in [4.69, 9.17) is 9.47 Å². The highest BCUT2D eigenvalue weighted by Crippen LogP contribution is 2.39. The number of para-hydroxylation sites is 1. The Balaban J connectivity index is 1.55. The van der Waals surface area contributed by atoms with Crippen molar-refractivity contribution in [2.24, 2.45) is 0 Å². The van der Waals surface area contributed by atoms with Crippen LogP contribution in [0, 0.1) is 5.82 Å². The first kappa shape index (κ1) is 20.9. The van der Waals surface area contributed by atoms with E-state index >= 15 is 0 Å². The number of ether oxygens (including phenoxy) is 2. The molecule has 1 atom stereocenters. The van der Waals surface area contributed by atoms with Crippen molar-refractivity contribution in [3.05, 3.63) is 89.4 Å². The van der Waals surface area contributed by atoms with Gasteiger partial charge in [-0.1, -0.05) is 36.4 Å². The monoisotopic (exact) mass is 445 g/mol. The maximum Gasteiger partial charge on any atom is 0.322 e. The Hall–Kier alpha value is -4.00. The van der Waals surface area contributed by atoms with Gasteiger partial charge in [0.1, 0.15) is 11.9 Å². The summed E-state index contributed by atoms with van der Waals surface area (Å²) in [5.41, 5.74) is 3.95. The van der Waals surface area contributed by atoms with Crippen LogP contribution in [-0.4, -0.2) is 36.7 Å². The Morgan fingerprint density at radius 1 is 1.03 bits per heavy atom. The van der Waals surface area contributed by atoms with E-state index in [1.54, 1.807) is 55.5 Å². The van der Waals surface area contributed by atoms with Crippen LogP contribution >= 0.6 is 0 Å². The van der Waals surface area contributed by atoms with E-state index in [-0.39, 0.29) is 11.8 Å². The number of hydrogen-bond acceptors (Lipinski definition) is 3. The number of rotatable bonds is 4. The first-order chi connectivity index (χ1) is 16.1. The minimum atomic E-state index is -0.581. The van der Waals surface area contributed by atoms with E-state index in [9.17, 15) is 9.18 Å². The zero-order valence-electron chi connectivity index (χ0n) is 18.4.